The fourth-order valence-electron chi connectivity index (χ4n) is 1.56. The summed E-state index contributed by atoms with van der Waals surface area (Å²) in [4.78, 5) is 12.0. The summed E-state index contributed by atoms with van der Waals surface area (Å²) in [7, 11) is 0. The Balaban J connectivity index is 2.05. The summed E-state index contributed by atoms with van der Waals surface area (Å²) >= 11 is 15.2. The number of nitrogens with one attached hydrogen (secondary N) is 1. The second kappa shape index (κ2) is 6.42. The summed E-state index contributed by atoms with van der Waals surface area (Å²) < 4.78 is 1.00. The predicted octanol–water partition coefficient (Wildman–Crippen LogP) is 4.69. The van der Waals surface area contributed by atoms with E-state index in [9.17, 15) is 4.79 Å². The molecule has 0 radical (unpaired) electrons. The third kappa shape index (κ3) is 3.72. The minimum absolute atomic E-state index is 0.240. The molecule has 1 amide bonds. The average Bonchev–Trinajstić information content (AvgIpc) is 2.41. The topological polar surface area (TPSA) is 29.1 Å². The number of benzene rings is 2. The second-order valence-corrected chi connectivity index (χ2v) is 5.61. The summed E-state index contributed by atoms with van der Waals surface area (Å²) in [6.45, 7) is 0.439. The number of carbonyl (C=O) groups excluding carboxylic acids is 1. The lowest BCUT2D eigenvalue weighted by atomic mass is 10.2. The van der Waals surface area contributed by atoms with Crippen molar-refractivity contribution in [2.45, 2.75) is 6.54 Å². The lowest BCUT2D eigenvalue weighted by Gasteiger charge is -2.07. The van der Waals surface area contributed by atoms with E-state index in [0.717, 1.165) is 10.0 Å². The number of amides is 1. The maximum atomic E-state index is 12.0. The third-order valence-electron chi connectivity index (χ3n) is 2.56. The number of hydrogen-bond donors (Lipinski definition) is 1. The molecule has 0 spiro atoms. The van der Waals surface area contributed by atoms with Crippen LogP contribution in [0.2, 0.25) is 10.0 Å². The van der Waals surface area contributed by atoms with Crippen LogP contribution in [0.4, 0.5) is 0 Å². The maximum absolute atomic E-state index is 12.0. The molecule has 0 saturated carbocycles. The fraction of sp³-hybridized carbons (Fsp3) is 0.0714. The first-order valence-electron chi connectivity index (χ1n) is 5.54. The van der Waals surface area contributed by atoms with E-state index >= 15 is 0 Å². The van der Waals surface area contributed by atoms with Gasteiger partial charge in [0, 0.05) is 11.0 Å². The minimum Gasteiger partial charge on any atom is -0.348 e. The number of hydrogen-bond acceptors (Lipinski definition) is 1. The first-order chi connectivity index (χ1) is 9.08. The quantitative estimate of drug-likeness (QED) is 0.847. The van der Waals surface area contributed by atoms with E-state index in [1.165, 1.54) is 0 Å². The first kappa shape index (κ1) is 14.4. The summed E-state index contributed by atoms with van der Waals surface area (Å²) in [5.74, 6) is -0.240. The molecule has 19 heavy (non-hydrogen) atoms. The molecule has 2 nitrogen and oxygen atoms in total. The van der Waals surface area contributed by atoms with Gasteiger partial charge in [-0.25, -0.2) is 0 Å². The largest absolute Gasteiger partial charge is 0.348 e. The van der Waals surface area contributed by atoms with Crippen molar-refractivity contribution in [1.29, 1.82) is 0 Å². The average molecular weight is 359 g/mol. The van der Waals surface area contributed by atoms with E-state index in [1.54, 1.807) is 18.2 Å². The zero-order valence-electron chi connectivity index (χ0n) is 9.79. The molecule has 0 aliphatic rings. The standard InChI is InChI=1S/C14H10BrCl2NO/c15-10-6-4-9(5-7-10)8-18-14(19)11-2-1-3-12(16)13(11)17/h1-7H,8H2,(H,18,19). The second-order valence-electron chi connectivity index (χ2n) is 3.91. The van der Waals surface area contributed by atoms with Crippen molar-refractivity contribution in [3.05, 3.63) is 68.1 Å². The van der Waals surface area contributed by atoms with Gasteiger partial charge in [0.25, 0.3) is 5.91 Å². The van der Waals surface area contributed by atoms with Crippen LogP contribution in [0.5, 0.6) is 0 Å². The molecule has 0 saturated heterocycles. The van der Waals surface area contributed by atoms with E-state index in [2.05, 4.69) is 21.2 Å². The van der Waals surface area contributed by atoms with Gasteiger partial charge in [-0.2, -0.15) is 0 Å². The van der Waals surface area contributed by atoms with Crippen LogP contribution < -0.4 is 5.32 Å². The Hall–Kier alpha value is -1.03. The van der Waals surface area contributed by atoms with Gasteiger partial charge in [-0.05, 0) is 29.8 Å². The van der Waals surface area contributed by atoms with Gasteiger partial charge < -0.3 is 5.32 Å². The summed E-state index contributed by atoms with van der Waals surface area (Å²) in [5.41, 5.74) is 1.39. The molecule has 2 aromatic carbocycles. The van der Waals surface area contributed by atoms with E-state index in [4.69, 9.17) is 23.2 Å². The molecular weight excluding hydrogens is 349 g/mol. The zero-order valence-corrected chi connectivity index (χ0v) is 12.9. The minimum atomic E-state index is -0.240. The highest BCUT2D eigenvalue weighted by atomic mass is 79.9. The third-order valence-corrected chi connectivity index (χ3v) is 3.91. The molecule has 0 aliphatic carbocycles. The van der Waals surface area contributed by atoms with Crippen LogP contribution >= 0.6 is 39.1 Å². The van der Waals surface area contributed by atoms with Crippen molar-refractivity contribution in [2.24, 2.45) is 0 Å². The molecule has 5 heteroatoms. The molecule has 1 N–H and O–H groups in total. The van der Waals surface area contributed by atoms with Crippen molar-refractivity contribution in [2.75, 3.05) is 0 Å². The van der Waals surface area contributed by atoms with Gasteiger partial charge in [0.1, 0.15) is 0 Å². The Morgan fingerprint density at radius 2 is 1.79 bits per heavy atom. The van der Waals surface area contributed by atoms with E-state index in [0.29, 0.717) is 17.1 Å². The van der Waals surface area contributed by atoms with Crippen LogP contribution in [0.25, 0.3) is 0 Å². The highest BCUT2D eigenvalue weighted by Gasteiger charge is 2.11. The SMILES string of the molecule is O=C(NCc1ccc(Br)cc1)c1cccc(Cl)c1Cl. The smallest absolute Gasteiger partial charge is 0.253 e. The molecule has 2 aromatic rings. The Bertz CT molecular complexity index is 599. The number of rotatable bonds is 3. The molecule has 0 aromatic heterocycles. The summed E-state index contributed by atoms with van der Waals surface area (Å²) in [6, 6.07) is 12.7. The highest BCUT2D eigenvalue weighted by Crippen LogP contribution is 2.25. The van der Waals surface area contributed by atoms with Crippen molar-refractivity contribution in [3.8, 4) is 0 Å². The normalized spacial score (nSPS) is 10.3. The van der Waals surface area contributed by atoms with Crippen molar-refractivity contribution in [3.63, 3.8) is 0 Å². The van der Waals surface area contributed by atoms with E-state index in [-0.39, 0.29) is 10.9 Å². The van der Waals surface area contributed by atoms with Gasteiger partial charge in [-0.15, -0.1) is 0 Å². The highest BCUT2D eigenvalue weighted by molar-refractivity contribution is 9.10. The molecule has 0 heterocycles. The molecule has 0 fully saturated rings. The molecule has 98 valence electrons. The van der Waals surface area contributed by atoms with Crippen LogP contribution in [0.15, 0.2) is 46.9 Å². The lowest BCUT2D eigenvalue weighted by Crippen LogP contribution is -2.23. The number of halogens is 3. The van der Waals surface area contributed by atoms with Crippen LogP contribution in [-0.2, 0) is 6.54 Å². The molecule has 0 aliphatic heterocycles. The Labute approximate surface area is 129 Å². The lowest BCUT2D eigenvalue weighted by molar-refractivity contribution is 0.0951. The molecule has 0 atom stereocenters. The van der Waals surface area contributed by atoms with Gasteiger partial charge in [0.15, 0.2) is 0 Å². The van der Waals surface area contributed by atoms with E-state index < -0.39 is 0 Å². The van der Waals surface area contributed by atoms with Gasteiger partial charge >= 0.3 is 0 Å². The Kier molecular flexibility index (Phi) is 4.86. The monoisotopic (exact) mass is 357 g/mol. The van der Waals surface area contributed by atoms with Crippen molar-refractivity contribution < 1.29 is 4.79 Å². The van der Waals surface area contributed by atoms with Crippen LogP contribution in [0.1, 0.15) is 15.9 Å². The zero-order chi connectivity index (χ0) is 13.8. The molecule has 0 unspecified atom stereocenters. The van der Waals surface area contributed by atoms with Crippen molar-refractivity contribution in [1.82, 2.24) is 5.32 Å². The maximum Gasteiger partial charge on any atom is 0.253 e. The predicted molar refractivity (Wildman–Crippen MR) is 81.8 cm³/mol. The van der Waals surface area contributed by atoms with Crippen LogP contribution in [-0.4, -0.2) is 5.91 Å². The summed E-state index contributed by atoms with van der Waals surface area (Å²) in [5, 5.41) is 3.45. The summed E-state index contributed by atoms with van der Waals surface area (Å²) in [6.07, 6.45) is 0. The molecule has 0 bridgehead atoms. The first-order valence-corrected chi connectivity index (χ1v) is 7.09. The number of carbonyl (C=O) groups is 1. The molecule has 2 rings (SSSR count). The fourth-order valence-corrected chi connectivity index (χ4v) is 2.21. The Morgan fingerprint density at radius 3 is 2.47 bits per heavy atom. The molecular formula is C14H10BrCl2NO. The van der Waals surface area contributed by atoms with Gasteiger partial charge in [0.2, 0.25) is 0 Å². The van der Waals surface area contributed by atoms with Crippen molar-refractivity contribution >= 4 is 45.0 Å². The van der Waals surface area contributed by atoms with Gasteiger partial charge in [-0.3, -0.25) is 4.79 Å². The Morgan fingerprint density at radius 1 is 1.11 bits per heavy atom. The van der Waals surface area contributed by atoms with Gasteiger partial charge in [0.05, 0.1) is 15.6 Å². The van der Waals surface area contributed by atoms with Gasteiger partial charge in [-0.1, -0.05) is 57.3 Å². The van der Waals surface area contributed by atoms with E-state index in [1.807, 2.05) is 24.3 Å². The van der Waals surface area contributed by atoms with Crippen LogP contribution in [0.3, 0.4) is 0 Å². The van der Waals surface area contributed by atoms with Crippen LogP contribution in [0, 0.1) is 0 Å².